The van der Waals surface area contributed by atoms with Gasteiger partial charge in [-0.1, -0.05) is 156 Å². The second-order valence-corrected chi connectivity index (χ2v) is 11.3. The van der Waals surface area contributed by atoms with Crippen LogP contribution in [0.5, 0.6) is 0 Å². The van der Waals surface area contributed by atoms with Crippen molar-refractivity contribution >= 4 is 0 Å². The SMILES string of the molecule is CCCCCCCCCCCCCCCCCCCc1c[nH]c(CC)[n+]1CCCCCCCCC. The van der Waals surface area contributed by atoms with Crippen molar-refractivity contribution in [1.29, 1.82) is 0 Å². The number of nitrogens with one attached hydrogen (secondary N) is 1. The lowest BCUT2D eigenvalue weighted by Crippen LogP contribution is -2.40. The topological polar surface area (TPSA) is 19.7 Å². The van der Waals surface area contributed by atoms with E-state index in [1.165, 1.54) is 173 Å². The first kappa shape index (κ1) is 32.2. The van der Waals surface area contributed by atoms with E-state index in [1.807, 2.05) is 0 Å². The molecule has 0 aliphatic carbocycles. The molecule has 0 unspecified atom stereocenters. The molecule has 0 saturated heterocycles. The van der Waals surface area contributed by atoms with Crippen LogP contribution in [-0.2, 0) is 19.4 Å². The van der Waals surface area contributed by atoms with E-state index in [1.54, 1.807) is 5.69 Å². The summed E-state index contributed by atoms with van der Waals surface area (Å²) < 4.78 is 2.61. The van der Waals surface area contributed by atoms with Gasteiger partial charge in [-0.15, -0.1) is 0 Å². The van der Waals surface area contributed by atoms with Crippen LogP contribution in [0.25, 0.3) is 0 Å². The Morgan fingerprint density at radius 2 is 0.857 bits per heavy atom. The van der Waals surface area contributed by atoms with Crippen molar-refractivity contribution in [1.82, 2.24) is 4.98 Å². The molecule has 0 fully saturated rings. The van der Waals surface area contributed by atoms with E-state index in [-0.39, 0.29) is 0 Å². The van der Waals surface area contributed by atoms with Gasteiger partial charge in [0.25, 0.3) is 5.82 Å². The maximum Gasteiger partial charge on any atom is 0.254 e. The Labute approximate surface area is 221 Å². The van der Waals surface area contributed by atoms with Crippen molar-refractivity contribution in [2.45, 2.75) is 194 Å². The normalized spacial score (nSPS) is 11.5. The van der Waals surface area contributed by atoms with E-state index in [4.69, 9.17) is 0 Å². The third-order valence-corrected chi connectivity index (χ3v) is 7.93. The number of aromatic nitrogens is 2. The van der Waals surface area contributed by atoms with E-state index in [2.05, 4.69) is 36.5 Å². The van der Waals surface area contributed by atoms with E-state index in [0.717, 1.165) is 6.42 Å². The maximum absolute atomic E-state index is 3.56. The summed E-state index contributed by atoms with van der Waals surface area (Å²) in [6.45, 7) is 8.11. The average Bonchev–Trinajstić information content (AvgIpc) is 3.27. The Balaban J connectivity index is 1.96. The average molecular weight is 490 g/mol. The first-order valence-electron chi connectivity index (χ1n) is 16.4. The number of imidazole rings is 1. The highest BCUT2D eigenvalue weighted by molar-refractivity contribution is 4.91. The lowest BCUT2D eigenvalue weighted by Gasteiger charge is -2.06. The molecule has 0 spiro atoms. The molecule has 2 heteroatoms. The van der Waals surface area contributed by atoms with Crippen LogP contribution in [0.2, 0.25) is 0 Å². The largest absolute Gasteiger partial charge is 0.254 e. The number of unbranched alkanes of at least 4 members (excludes halogenated alkanes) is 22. The zero-order valence-corrected chi connectivity index (χ0v) is 24.6. The van der Waals surface area contributed by atoms with E-state index in [9.17, 15) is 0 Å². The molecule has 0 atom stereocenters. The van der Waals surface area contributed by atoms with Gasteiger partial charge >= 0.3 is 0 Å². The molecule has 0 saturated carbocycles. The predicted molar refractivity (Wildman–Crippen MR) is 156 cm³/mol. The minimum atomic E-state index is 1.12. The van der Waals surface area contributed by atoms with Crippen LogP contribution in [-0.4, -0.2) is 4.98 Å². The van der Waals surface area contributed by atoms with Gasteiger partial charge in [0.2, 0.25) is 0 Å². The van der Waals surface area contributed by atoms with E-state index >= 15 is 0 Å². The first-order valence-corrected chi connectivity index (χ1v) is 16.4. The van der Waals surface area contributed by atoms with E-state index in [0.29, 0.717) is 0 Å². The summed E-state index contributed by atoms with van der Waals surface area (Å²) in [4.78, 5) is 3.56. The van der Waals surface area contributed by atoms with Crippen molar-refractivity contribution in [3.63, 3.8) is 0 Å². The fourth-order valence-electron chi connectivity index (χ4n) is 5.53. The summed E-state index contributed by atoms with van der Waals surface area (Å²) in [5.41, 5.74) is 1.55. The molecule has 1 N–H and O–H groups in total. The van der Waals surface area contributed by atoms with Crippen molar-refractivity contribution in [3.8, 4) is 0 Å². The summed E-state index contributed by atoms with van der Waals surface area (Å²) in [5, 5.41) is 0. The number of aryl methyl sites for hydroxylation is 2. The quantitative estimate of drug-likeness (QED) is 0.0936. The molecule has 206 valence electrons. The van der Waals surface area contributed by atoms with Crippen LogP contribution in [0, 0.1) is 0 Å². The van der Waals surface area contributed by atoms with Crippen LogP contribution in [0.3, 0.4) is 0 Å². The van der Waals surface area contributed by atoms with Crippen LogP contribution in [0.1, 0.15) is 186 Å². The highest BCUT2D eigenvalue weighted by Crippen LogP contribution is 2.15. The number of aromatic amines is 1. The molecule has 0 aromatic carbocycles. The number of hydrogen-bond donors (Lipinski definition) is 1. The summed E-state index contributed by atoms with van der Waals surface area (Å²) in [6.07, 6.45) is 39.1. The molecular weight excluding hydrogens is 424 g/mol. The van der Waals surface area contributed by atoms with Gasteiger partial charge in [0.05, 0.1) is 6.54 Å². The van der Waals surface area contributed by atoms with Gasteiger partial charge in [-0.3, -0.25) is 0 Å². The third kappa shape index (κ3) is 18.2. The molecule has 1 heterocycles. The zero-order valence-electron chi connectivity index (χ0n) is 24.6. The molecular formula is C33H65N2+. The van der Waals surface area contributed by atoms with Gasteiger partial charge in [0, 0.05) is 12.8 Å². The highest BCUT2D eigenvalue weighted by Gasteiger charge is 2.15. The third-order valence-electron chi connectivity index (χ3n) is 7.93. The summed E-state index contributed by atoms with van der Waals surface area (Å²) >= 11 is 0. The highest BCUT2D eigenvalue weighted by atomic mass is 15.1. The molecule has 0 amide bonds. The van der Waals surface area contributed by atoms with Crippen LogP contribution < -0.4 is 4.57 Å². The monoisotopic (exact) mass is 490 g/mol. The van der Waals surface area contributed by atoms with Crippen molar-refractivity contribution in [2.75, 3.05) is 0 Å². The van der Waals surface area contributed by atoms with Crippen molar-refractivity contribution in [2.24, 2.45) is 0 Å². The van der Waals surface area contributed by atoms with Crippen LogP contribution in [0.15, 0.2) is 6.20 Å². The molecule has 0 radical (unpaired) electrons. The number of hydrogen-bond acceptors (Lipinski definition) is 0. The Morgan fingerprint density at radius 1 is 0.486 bits per heavy atom. The Morgan fingerprint density at radius 3 is 1.26 bits per heavy atom. The van der Waals surface area contributed by atoms with Gasteiger partial charge in [0.1, 0.15) is 11.9 Å². The molecule has 0 aliphatic rings. The minimum Gasteiger partial charge on any atom is -0.247 e. The number of nitrogens with zero attached hydrogens (tertiary/aromatic N) is 1. The van der Waals surface area contributed by atoms with Gasteiger partial charge in [0.15, 0.2) is 0 Å². The van der Waals surface area contributed by atoms with Crippen molar-refractivity contribution in [3.05, 3.63) is 17.7 Å². The Bertz CT molecular complexity index is 547. The lowest BCUT2D eigenvalue weighted by molar-refractivity contribution is -0.710. The maximum atomic E-state index is 3.56. The Hall–Kier alpha value is -0.790. The lowest BCUT2D eigenvalue weighted by atomic mass is 10.0. The molecule has 1 rings (SSSR count). The zero-order chi connectivity index (χ0) is 25.2. The molecule has 2 nitrogen and oxygen atoms in total. The second kappa shape index (κ2) is 24.9. The molecule has 35 heavy (non-hydrogen) atoms. The first-order chi connectivity index (χ1) is 17.3. The van der Waals surface area contributed by atoms with Crippen LogP contribution >= 0.6 is 0 Å². The minimum absolute atomic E-state index is 1.12. The smallest absolute Gasteiger partial charge is 0.247 e. The van der Waals surface area contributed by atoms with Gasteiger partial charge in [-0.05, 0) is 19.3 Å². The van der Waals surface area contributed by atoms with E-state index < -0.39 is 0 Å². The molecule has 1 aromatic rings. The number of rotatable bonds is 27. The summed E-state index contributed by atoms with van der Waals surface area (Å²) in [7, 11) is 0. The number of H-pyrrole nitrogens is 1. The molecule has 0 aliphatic heterocycles. The predicted octanol–water partition coefficient (Wildman–Crippen LogP) is 10.8. The second-order valence-electron chi connectivity index (χ2n) is 11.3. The molecule has 1 aromatic heterocycles. The van der Waals surface area contributed by atoms with Gasteiger partial charge in [-0.25, -0.2) is 9.55 Å². The van der Waals surface area contributed by atoms with Gasteiger partial charge < -0.3 is 0 Å². The van der Waals surface area contributed by atoms with Crippen LogP contribution in [0.4, 0.5) is 0 Å². The van der Waals surface area contributed by atoms with Gasteiger partial charge in [-0.2, -0.15) is 0 Å². The van der Waals surface area contributed by atoms with Crippen molar-refractivity contribution < 1.29 is 4.57 Å². The Kier molecular flexibility index (Phi) is 22.9. The summed E-state index contributed by atoms with van der Waals surface area (Å²) in [6, 6.07) is 0. The fraction of sp³-hybridized carbons (Fsp3) is 0.909. The molecule has 0 bridgehead atoms. The summed E-state index contributed by atoms with van der Waals surface area (Å²) in [5.74, 6) is 1.43. The fourth-order valence-corrected chi connectivity index (χ4v) is 5.53. The standard InChI is InChI=1S/C33H64N2/c1-4-7-9-11-13-14-15-16-17-18-19-20-21-22-23-25-27-29-32-31-34-33(6-3)35(32)30-28-26-24-12-10-8-5-2/h31H,4-30H2,1-3H3/p+1.